The van der Waals surface area contributed by atoms with E-state index in [1.165, 1.54) is 64.2 Å². The number of unbranched alkanes of at least 4 members (excludes halogenated alkanes) is 4. The monoisotopic (exact) mass is 671 g/mol. The van der Waals surface area contributed by atoms with Gasteiger partial charge in [-0.3, -0.25) is 0 Å². The van der Waals surface area contributed by atoms with Gasteiger partial charge in [-0.15, -0.1) is 0 Å². The summed E-state index contributed by atoms with van der Waals surface area (Å²) >= 11 is 0. The van der Waals surface area contributed by atoms with E-state index in [4.69, 9.17) is 0 Å². The number of rotatable bonds is 15. The molecule has 4 rings (SSSR count). The van der Waals surface area contributed by atoms with E-state index in [0.717, 1.165) is 51.4 Å². The van der Waals surface area contributed by atoms with Crippen LogP contribution < -0.4 is 20.8 Å². The normalized spacial score (nSPS) is 31.9. The largest absolute Gasteiger partial charge is 0.550 e. The Morgan fingerprint density at radius 1 is 0.604 bits per heavy atom. The van der Waals surface area contributed by atoms with Crippen LogP contribution >= 0.6 is 0 Å². The van der Waals surface area contributed by atoms with Crippen LogP contribution in [0.1, 0.15) is 190 Å². The van der Waals surface area contributed by atoms with Gasteiger partial charge in [0.2, 0.25) is 0 Å². The number of nitrogens with one attached hydrogen (secondary N) is 2. The molecule has 0 aromatic rings. The number of hydrogen-bond donors (Lipinski definition) is 2. The number of carboxylic acid groups (broad SMARTS) is 2. The summed E-state index contributed by atoms with van der Waals surface area (Å²) in [4.78, 5) is 25.6. The fraction of sp³-hybridized carbons (Fsp3) is 0.952. The van der Waals surface area contributed by atoms with Gasteiger partial charge in [-0.2, -0.15) is 0 Å². The molecule has 6 heteroatoms. The predicted octanol–water partition coefficient (Wildman–Crippen LogP) is 7.71. The Morgan fingerprint density at radius 2 is 1.00 bits per heavy atom. The van der Waals surface area contributed by atoms with Crippen LogP contribution in [0, 0.1) is 40.9 Å². The number of carbonyl (C=O) groups is 2. The third-order valence-corrected chi connectivity index (χ3v) is 13.9. The van der Waals surface area contributed by atoms with Crippen molar-refractivity contribution in [3.8, 4) is 0 Å². The lowest BCUT2D eigenvalue weighted by Gasteiger charge is -2.65. The SMILES string of the molecule is CC1(C)CC(C(CCCCCCCC(=O)[O-])(C(=O)[O-])C2CC(C)(C)NC(C)(C)C2CC2CCCCC2)C(CC2CCCCC2)C(C)(C)N1. The van der Waals surface area contributed by atoms with Crippen molar-refractivity contribution in [2.75, 3.05) is 0 Å². The molecule has 2 saturated carbocycles. The predicted molar refractivity (Wildman–Crippen MR) is 193 cm³/mol. The smallest absolute Gasteiger partial charge is 0.0482 e. The van der Waals surface area contributed by atoms with E-state index in [9.17, 15) is 19.8 Å². The van der Waals surface area contributed by atoms with Crippen molar-refractivity contribution in [1.29, 1.82) is 0 Å². The van der Waals surface area contributed by atoms with Gasteiger partial charge < -0.3 is 30.4 Å². The minimum Gasteiger partial charge on any atom is -0.550 e. The summed E-state index contributed by atoms with van der Waals surface area (Å²) in [5.41, 5.74) is -1.67. The van der Waals surface area contributed by atoms with Crippen molar-refractivity contribution in [3.63, 3.8) is 0 Å². The molecule has 0 aromatic carbocycles. The van der Waals surface area contributed by atoms with Crippen molar-refractivity contribution in [2.24, 2.45) is 40.9 Å². The van der Waals surface area contributed by atoms with Crippen LogP contribution in [0.2, 0.25) is 0 Å². The van der Waals surface area contributed by atoms with Crippen molar-refractivity contribution in [2.45, 2.75) is 212 Å². The lowest BCUT2D eigenvalue weighted by molar-refractivity contribution is -0.332. The number of hydrogen-bond acceptors (Lipinski definition) is 6. The first-order valence-electron chi connectivity index (χ1n) is 20.4. The van der Waals surface area contributed by atoms with Crippen LogP contribution in [0.3, 0.4) is 0 Å². The highest BCUT2D eigenvalue weighted by Gasteiger charge is 2.61. The molecule has 2 aliphatic carbocycles. The Morgan fingerprint density at radius 3 is 1.40 bits per heavy atom. The summed E-state index contributed by atoms with van der Waals surface area (Å²) < 4.78 is 0. The van der Waals surface area contributed by atoms with Gasteiger partial charge in [-0.1, -0.05) is 89.9 Å². The van der Waals surface area contributed by atoms with E-state index in [2.05, 4.69) is 66.0 Å². The van der Waals surface area contributed by atoms with Crippen molar-refractivity contribution >= 4 is 11.9 Å². The van der Waals surface area contributed by atoms with Gasteiger partial charge in [0.05, 0.1) is 0 Å². The molecule has 0 bridgehead atoms. The summed E-state index contributed by atoms with van der Waals surface area (Å²) in [6.07, 6.45) is 21.8. The maximum absolute atomic E-state index is 14.6. The summed E-state index contributed by atoms with van der Waals surface area (Å²) in [7, 11) is 0. The highest BCUT2D eigenvalue weighted by molar-refractivity contribution is 5.74. The average Bonchev–Trinajstić information content (AvgIpc) is 2.97. The summed E-state index contributed by atoms with van der Waals surface area (Å²) in [6, 6.07) is 0. The molecule has 2 heterocycles. The molecule has 4 fully saturated rings. The lowest BCUT2D eigenvalue weighted by Crippen LogP contribution is -2.72. The summed E-state index contributed by atoms with van der Waals surface area (Å²) in [5.74, 6) is 0.114. The zero-order valence-corrected chi connectivity index (χ0v) is 32.4. The van der Waals surface area contributed by atoms with E-state index in [-0.39, 0.29) is 52.2 Å². The van der Waals surface area contributed by atoms with Gasteiger partial charge >= 0.3 is 0 Å². The minimum atomic E-state index is -0.980. The molecule has 4 atom stereocenters. The van der Waals surface area contributed by atoms with Crippen molar-refractivity contribution < 1.29 is 19.8 Å². The summed E-state index contributed by atoms with van der Waals surface area (Å²) in [6.45, 7) is 18.6. The van der Waals surface area contributed by atoms with Crippen LogP contribution in [-0.4, -0.2) is 34.1 Å². The molecule has 6 nitrogen and oxygen atoms in total. The summed E-state index contributed by atoms with van der Waals surface area (Å²) in [5, 5.41) is 33.7. The van der Waals surface area contributed by atoms with Gasteiger partial charge in [0.25, 0.3) is 0 Å². The Kier molecular flexibility index (Phi) is 13.2. The Balaban J connectivity index is 1.81. The van der Waals surface area contributed by atoms with Crippen LogP contribution in [0.4, 0.5) is 0 Å². The molecule has 0 amide bonds. The molecule has 2 aliphatic heterocycles. The Labute approximate surface area is 295 Å². The number of carboxylic acids is 2. The minimum absolute atomic E-state index is 0.0253. The van der Waals surface area contributed by atoms with Crippen LogP contribution in [0.25, 0.3) is 0 Å². The third-order valence-electron chi connectivity index (χ3n) is 13.9. The van der Waals surface area contributed by atoms with Crippen LogP contribution in [0.5, 0.6) is 0 Å². The van der Waals surface area contributed by atoms with Crippen LogP contribution in [-0.2, 0) is 9.59 Å². The lowest BCUT2D eigenvalue weighted by atomic mass is 9.46. The maximum Gasteiger partial charge on any atom is 0.0482 e. The molecule has 4 aliphatic rings. The fourth-order valence-corrected chi connectivity index (χ4v) is 12.3. The first kappa shape index (κ1) is 39.6. The standard InChI is InChI=1S/C42H76N2O4/c1-38(2)28-34(32(40(5,6)43-38)26-30-20-14-12-15-21-30)42(37(47)48,25-19-11-9-10-18-24-36(45)46)35-29-39(3,4)44-41(7,8)33(35)27-31-22-16-13-17-23-31/h30-35,43-44H,9-29H2,1-8H3,(H,45,46)(H,47,48)/p-2. The van der Waals surface area contributed by atoms with E-state index in [1.807, 2.05) is 0 Å². The first-order valence-corrected chi connectivity index (χ1v) is 20.4. The average molecular weight is 671 g/mol. The molecule has 4 unspecified atom stereocenters. The van der Waals surface area contributed by atoms with Gasteiger partial charge in [0.1, 0.15) is 0 Å². The molecule has 0 aromatic heterocycles. The molecule has 278 valence electrons. The number of piperidine rings is 2. The molecule has 0 spiro atoms. The second-order valence-electron chi connectivity index (χ2n) is 19.7. The highest BCUT2D eigenvalue weighted by atomic mass is 16.4. The molecular formula is C42H74N2O4-2. The quantitative estimate of drug-likeness (QED) is 0.173. The van der Waals surface area contributed by atoms with Crippen molar-refractivity contribution in [3.05, 3.63) is 0 Å². The zero-order valence-electron chi connectivity index (χ0n) is 32.4. The van der Waals surface area contributed by atoms with Gasteiger partial charge in [0, 0.05) is 39.5 Å². The van der Waals surface area contributed by atoms with E-state index < -0.39 is 17.4 Å². The second kappa shape index (κ2) is 16.0. The molecule has 2 saturated heterocycles. The van der Waals surface area contributed by atoms with Crippen LogP contribution in [0.15, 0.2) is 0 Å². The first-order chi connectivity index (χ1) is 22.4. The van der Waals surface area contributed by atoms with E-state index >= 15 is 0 Å². The van der Waals surface area contributed by atoms with Gasteiger partial charge in [-0.25, -0.2) is 0 Å². The number of aliphatic carboxylic acids is 2. The fourth-order valence-electron chi connectivity index (χ4n) is 12.3. The van der Waals surface area contributed by atoms with E-state index in [1.54, 1.807) is 0 Å². The number of carbonyl (C=O) groups excluding carboxylic acids is 2. The zero-order chi connectivity index (χ0) is 35.4. The molecule has 2 N–H and O–H groups in total. The molecule has 48 heavy (non-hydrogen) atoms. The Bertz CT molecular complexity index is 992. The Hall–Kier alpha value is -1.14. The second-order valence-corrected chi connectivity index (χ2v) is 19.7. The van der Waals surface area contributed by atoms with Gasteiger partial charge in [-0.05, 0) is 136 Å². The van der Waals surface area contributed by atoms with Crippen molar-refractivity contribution in [1.82, 2.24) is 10.6 Å². The maximum atomic E-state index is 14.6. The van der Waals surface area contributed by atoms with Gasteiger partial charge in [0.15, 0.2) is 0 Å². The topological polar surface area (TPSA) is 104 Å². The molecule has 0 radical (unpaired) electrons. The highest BCUT2D eigenvalue weighted by Crippen LogP contribution is 2.61. The van der Waals surface area contributed by atoms with E-state index in [0.29, 0.717) is 24.7 Å². The molecular weight excluding hydrogens is 596 g/mol. The third kappa shape index (κ3) is 9.80.